The van der Waals surface area contributed by atoms with Crippen molar-refractivity contribution in [3.05, 3.63) is 29.3 Å². The van der Waals surface area contributed by atoms with Gasteiger partial charge in [0.25, 0.3) is 0 Å². The fourth-order valence-electron chi connectivity index (χ4n) is 3.60. The average Bonchev–Trinajstić information content (AvgIpc) is 2.66. The van der Waals surface area contributed by atoms with Gasteiger partial charge in [-0.3, -0.25) is 4.21 Å². The molecule has 1 saturated carbocycles. The molecule has 1 aromatic rings. The van der Waals surface area contributed by atoms with Crippen molar-refractivity contribution >= 4 is 16.8 Å². The van der Waals surface area contributed by atoms with E-state index in [1.165, 1.54) is 0 Å². The van der Waals surface area contributed by atoms with Crippen molar-refractivity contribution in [2.75, 3.05) is 25.4 Å². The van der Waals surface area contributed by atoms with Crippen LogP contribution in [0.3, 0.4) is 0 Å². The van der Waals surface area contributed by atoms with Crippen molar-refractivity contribution in [2.24, 2.45) is 4.99 Å². The van der Waals surface area contributed by atoms with Gasteiger partial charge in [-0.05, 0) is 51.2 Å². The van der Waals surface area contributed by atoms with E-state index in [1.54, 1.807) is 0 Å². The van der Waals surface area contributed by atoms with Crippen LogP contribution in [-0.2, 0) is 10.8 Å². The lowest BCUT2D eigenvalue weighted by Gasteiger charge is -2.30. The van der Waals surface area contributed by atoms with Gasteiger partial charge >= 0.3 is 0 Å². The fraction of sp³-hybridized carbons (Fsp3) is 0.667. The zero-order valence-corrected chi connectivity index (χ0v) is 18.0. The van der Waals surface area contributed by atoms with E-state index in [4.69, 9.17) is 4.74 Å². The predicted molar refractivity (Wildman–Crippen MR) is 115 cm³/mol. The van der Waals surface area contributed by atoms with Crippen LogP contribution in [0.2, 0.25) is 0 Å². The molecule has 0 aromatic heterocycles. The van der Waals surface area contributed by atoms with Crippen LogP contribution in [0.1, 0.15) is 50.7 Å². The minimum atomic E-state index is -0.706. The molecular weight excluding hydrogens is 358 g/mol. The summed E-state index contributed by atoms with van der Waals surface area (Å²) in [4.78, 5) is 4.67. The number of para-hydroxylation sites is 1. The Bertz CT molecular complexity index is 628. The van der Waals surface area contributed by atoms with E-state index in [0.717, 1.165) is 60.8 Å². The standard InChI is InChI=1S/C21H35N3O2S/c1-5-22-21(24-18-11-8-12-19(15-18)27(25)6-2)23-13-14-26-20-16(3)9-7-10-17(20)4/h7,9-10,18-19H,5-6,8,11-15H2,1-4H3,(H2,22,23,24). The van der Waals surface area contributed by atoms with Gasteiger partial charge in [-0.15, -0.1) is 0 Å². The van der Waals surface area contributed by atoms with E-state index in [-0.39, 0.29) is 0 Å². The third kappa shape index (κ3) is 6.83. The Morgan fingerprint density at radius 1 is 1.26 bits per heavy atom. The summed E-state index contributed by atoms with van der Waals surface area (Å²) in [6.45, 7) is 10.2. The number of hydrogen-bond acceptors (Lipinski definition) is 3. The van der Waals surface area contributed by atoms with Crippen LogP contribution in [0.4, 0.5) is 0 Å². The molecule has 0 bridgehead atoms. The predicted octanol–water partition coefficient (Wildman–Crippen LogP) is 3.32. The largest absolute Gasteiger partial charge is 0.491 e. The number of guanidine groups is 1. The first-order chi connectivity index (χ1) is 13.0. The van der Waals surface area contributed by atoms with Crippen LogP contribution in [0.15, 0.2) is 23.2 Å². The average molecular weight is 394 g/mol. The van der Waals surface area contributed by atoms with E-state index in [1.807, 2.05) is 13.0 Å². The van der Waals surface area contributed by atoms with Gasteiger partial charge in [0.1, 0.15) is 12.4 Å². The molecular formula is C21H35N3O2S. The highest BCUT2D eigenvalue weighted by atomic mass is 32.2. The molecule has 0 radical (unpaired) electrons. The SMILES string of the molecule is CCNC(=NCCOc1c(C)cccc1C)NC1CCCC(S(=O)CC)C1. The first-order valence-corrected chi connectivity index (χ1v) is 11.5. The first-order valence-electron chi connectivity index (χ1n) is 10.2. The molecule has 5 nitrogen and oxygen atoms in total. The lowest BCUT2D eigenvalue weighted by atomic mass is 9.95. The fourth-order valence-corrected chi connectivity index (χ4v) is 4.94. The van der Waals surface area contributed by atoms with Gasteiger partial charge < -0.3 is 15.4 Å². The summed E-state index contributed by atoms with van der Waals surface area (Å²) in [5, 5.41) is 7.17. The summed E-state index contributed by atoms with van der Waals surface area (Å²) in [6, 6.07) is 6.52. The molecule has 0 aliphatic heterocycles. The molecule has 6 heteroatoms. The molecule has 0 saturated heterocycles. The van der Waals surface area contributed by atoms with Gasteiger partial charge in [-0.2, -0.15) is 0 Å². The van der Waals surface area contributed by atoms with Crippen molar-refractivity contribution in [3.63, 3.8) is 0 Å². The number of aliphatic imine (C=N–C) groups is 1. The van der Waals surface area contributed by atoms with Gasteiger partial charge in [0.05, 0.1) is 6.54 Å². The molecule has 1 aromatic carbocycles. The smallest absolute Gasteiger partial charge is 0.191 e. The van der Waals surface area contributed by atoms with Gasteiger partial charge in [0.15, 0.2) is 5.96 Å². The highest BCUT2D eigenvalue weighted by molar-refractivity contribution is 7.85. The number of nitrogens with one attached hydrogen (secondary N) is 2. The van der Waals surface area contributed by atoms with Crippen LogP contribution >= 0.6 is 0 Å². The van der Waals surface area contributed by atoms with Crippen molar-refractivity contribution < 1.29 is 8.95 Å². The zero-order chi connectivity index (χ0) is 19.6. The second-order valence-electron chi connectivity index (χ2n) is 7.13. The lowest BCUT2D eigenvalue weighted by molar-refractivity contribution is 0.323. The molecule has 0 amide bonds. The van der Waals surface area contributed by atoms with Crippen LogP contribution in [0.25, 0.3) is 0 Å². The summed E-state index contributed by atoms with van der Waals surface area (Å²) in [5.41, 5.74) is 2.31. The Morgan fingerprint density at radius 3 is 2.67 bits per heavy atom. The number of ether oxygens (including phenoxy) is 1. The van der Waals surface area contributed by atoms with Crippen molar-refractivity contribution in [2.45, 2.75) is 64.7 Å². The maximum absolute atomic E-state index is 12.1. The van der Waals surface area contributed by atoms with Crippen LogP contribution in [-0.4, -0.2) is 46.9 Å². The van der Waals surface area contributed by atoms with Crippen molar-refractivity contribution in [1.29, 1.82) is 0 Å². The molecule has 1 fully saturated rings. The third-order valence-electron chi connectivity index (χ3n) is 4.98. The minimum absolute atomic E-state index is 0.316. The molecule has 3 unspecified atom stereocenters. The Balaban J connectivity index is 1.87. The summed E-state index contributed by atoms with van der Waals surface area (Å²) < 4.78 is 18.1. The van der Waals surface area contributed by atoms with E-state index in [2.05, 4.69) is 48.5 Å². The third-order valence-corrected chi connectivity index (χ3v) is 6.72. The second-order valence-corrected chi connectivity index (χ2v) is 9.13. The van der Waals surface area contributed by atoms with Crippen molar-refractivity contribution in [3.8, 4) is 5.75 Å². The van der Waals surface area contributed by atoms with Crippen molar-refractivity contribution in [1.82, 2.24) is 10.6 Å². The Hall–Kier alpha value is -1.56. The number of benzene rings is 1. The van der Waals surface area contributed by atoms with E-state index in [0.29, 0.717) is 24.4 Å². The van der Waals surface area contributed by atoms with Crippen LogP contribution in [0, 0.1) is 13.8 Å². The summed E-state index contributed by atoms with van der Waals surface area (Å²) in [5.74, 6) is 2.54. The number of nitrogens with zero attached hydrogens (tertiary/aromatic N) is 1. The zero-order valence-electron chi connectivity index (χ0n) is 17.2. The normalized spacial score (nSPS) is 21.6. The summed E-state index contributed by atoms with van der Waals surface area (Å²) in [7, 11) is -0.706. The molecule has 1 aliphatic carbocycles. The molecule has 3 atom stereocenters. The van der Waals surface area contributed by atoms with E-state index >= 15 is 0 Å². The van der Waals surface area contributed by atoms with Gasteiger partial charge in [-0.25, -0.2) is 4.99 Å². The highest BCUT2D eigenvalue weighted by Crippen LogP contribution is 2.23. The Kier molecular flexibility index (Phi) is 9.11. The van der Waals surface area contributed by atoms with Gasteiger partial charge in [-0.1, -0.05) is 31.5 Å². The van der Waals surface area contributed by atoms with Crippen LogP contribution in [0.5, 0.6) is 5.75 Å². The Labute approximate surface area is 166 Å². The number of rotatable bonds is 8. The highest BCUT2D eigenvalue weighted by Gasteiger charge is 2.25. The van der Waals surface area contributed by atoms with Crippen LogP contribution < -0.4 is 15.4 Å². The number of hydrogen-bond donors (Lipinski definition) is 2. The maximum atomic E-state index is 12.1. The molecule has 2 N–H and O–H groups in total. The molecule has 2 rings (SSSR count). The summed E-state index contributed by atoms with van der Waals surface area (Å²) in [6.07, 6.45) is 4.28. The van der Waals surface area contributed by atoms with E-state index in [9.17, 15) is 4.21 Å². The monoisotopic (exact) mass is 393 g/mol. The molecule has 27 heavy (non-hydrogen) atoms. The quantitative estimate of drug-likeness (QED) is 0.404. The van der Waals surface area contributed by atoms with Gasteiger partial charge in [0.2, 0.25) is 0 Å². The Morgan fingerprint density at radius 2 is 2.00 bits per heavy atom. The molecule has 152 valence electrons. The number of aryl methyl sites for hydroxylation is 2. The molecule has 0 spiro atoms. The van der Waals surface area contributed by atoms with Gasteiger partial charge in [0, 0.05) is 34.4 Å². The molecule has 0 heterocycles. The maximum Gasteiger partial charge on any atom is 0.191 e. The summed E-state index contributed by atoms with van der Waals surface area (Å²) >= 11 is 0. The van der Waals surface area contributed by atoms with E-state index < -0.39 is 10.8 Å². The lowest BCUT2D eigenvalue weighted by Crippen LogP contribution is -2.46. The molecule has 1 aliphatic rings. The topological polar surface area (TPSA) is 62.7 Å². The minimum Gasteiger partial charge on any atom is -0.491 e. The first kappa shape index (κ1) is 21.7. The second kappa shape index (κ2) is 11.3.